The Kier molecular flexibility index (Phi) is 3.84. The fourth-order valence-corrected chi connectivity index (χ4v) is 2.21. The lowest BCUT2D eigenvalue weighted by Crippen LogP contribution is -2.37. The molecule has 0 aromatic carbocycles. The lowest BCUT2D eigenvalue weighted by molar-refractivity contribution is -0.384. The Morgan fingerprint density at radius 1 is 1.63 bits per heavy atom. The minimum Gasteiger partial charge on any atom is -0.347 e. The standard InChI is InChI=1S/C12H18N4O3/c1-8(2)15-7-10(16(18)19)5-11(15)12(17)14-9-3-4-13-6-9/h5,7-9,13H,3-4,6H2,1-2H3,(H,14,17). The summed E-state index contributed by atoms with van der Waals surface area (Å²) in [6, 6.07) is 1.43. The van der Waals surface area contributed by atoms with E-state index in [2.05, 4.69) is 10.6 Å². The van der Waals surface area contributed by atoms with Crippen molar-refractivity contribution in [3.05, 3.63) is 28.1 Å². The molecule has 1 aromatic rings. The van der Waals surface area contributed by atoms with Crippen molar-refractivity contribution in [2.75, 3.05) is 13.1 Å². The maximum atomic E-state index is 12.2. The highest BCUT2D eigenvalue weighted by Crippen LogP contribution is 2.20. The van der Waals surface area contributed by atoms with Crippen molar-refractivity contribution in [1.82, 2.24) is 15.2 Å². The average molecular weight is 266 g/mol. The van der Waals surface area contributed by atoms with Gasteiger partial charge < -0.3 is 15.2 Å². The summed E-state index contributed by atoms with van der Waals surface area (Å²) < 4.78 is 1.63. The van der Waals surface area contributed by atoms with Crippen LogP contribution >= 0.6 is 0 Å². The maximum Gasteiger partial charge on any atom is 0.287 e. The zero-order valence-electron chi connectivity index (χ0n) is 11.0. The summed E-state index contributed by atoms with van der Waals surface area (Å²) in [6.45, 7) is 5.40. The van der Waals surface area contributed by atoms with Crippen LogP contribution in [0.1, 0.15) is 36.8 Å². The molecule has 0 bridgehead atoms. The molecule has 1 amide bonds. The molecule has 1 aromatic heterocycles. The number of carbonyl (C=O) groups excluding carboxylic acids is 1. The summed E-state index contributed by atoms with van der Waals surface area (Å²) in [7, 11) is 0. The van der Waals surface area contributed by atoms with Crippen molar-refractivity contribution in [1.29, 1.82) is 0 Å². The van der Waals surface area contributed by atoms with Crippen LogP contribution < -0.4 is 10.6 Å². The predicted octanol–water partition coefficient (Wildman–Crippen LogP) is 1.07. The van der Waals surface area contributed by atoms with Crippen LogP contribution in [0, 0.1) is 10.1 Å². The van der Waals surface area contributed by atoms with E-state index >= 15 is 0 Å². The minimum absolute atomic E-state index is 0.00356. The van der Waals surface area contributed by atoms with Crippen LogP contribution in [-0.4, -0.2) is 34.5 Å². The minimum atomic E-state index is -0.479. The zero-order valence-corrected chi connectivity index (χ0v) is 11.0. The largest absolute Gasteiger partial charge is 0.347 e. The molecule has 1 fully saturated rings. The second kappa shape index (κ2) is 5.40. The van der Waals surface area contributed by atoms with Gasteiger partial charge in [-0.1, -0.05) is 0 Å². The van der Waals surface area contributed by atoms with Crippen LogP contribution in [0.3, 0.4) is 0 Å². The lowest BCUT2D eigenvalue weighted by Gasteiger charge is -2.15. The fraction of sp³-hybridized carbons (Fsp3) is 0.583. The molecular weight excluding hydrogens is 248 g/mol. The Balaban J connectivity index is 2.21. The molecule has 0 saturated carbocycles. The topological polar surface area (TPSA) is 89.2 Å². The lowest BCUT2D eigenvalue weighted by atomic mass is 10.2. The van der Waals surface area contributed by atoms with Crippen LogP contribution in [0.25, 0.3) is 0 Å². The van der Waals surface area contributed by atoms with Gasteiger partial charge in [-0.2, -0.15) is 0 Å². The first kappa shape index (κ1) is 13.5. The molecule has 0 aliphatic carbocycles. The molecule has 7 nitrogen and oxygen atoms in total. The van der Waals surface area contributed by atoms with Crippen LogP contribution in [0.5, 0.6) is 0 Å². The van der Waals surface area contributed by atoms with Gasteiger partial charge in [-0.3, -0.25) is 14.9 Å². The highest BCUT2D eigenvalue weighted by molar-refractivity contribution is 5.93. The van der Waals surface area contributed by atoms with Crippen LogP contribution in [0.4, 0.5) is 5.69 Å². The molecular formula is C12H18N4O3. The third kappa shape index (κ3) is 2.93. The Morgan fingerprint density at radius 3 is 2.89 bits per heavy atom. The van der Waals surface area contributed by atoms with E-state index in [-0.39, 0.29) is 23.7 Å². The molecule has 1 aliphatic heterocycles. The average Bonchev–Trinajstić information content (AvgIpc) is 2.96. The van der Waals surface area contributed by atoms with Gasteiger partial charge in [0.15, 0.2) is 0 Å². The van der Waals surface area contributed by atoms with Crippen LogP contribution in [-0.2, 0) is 0 Å². The summed E-state index contributed by atoms with van der Waals surface area (Å²) in [6.07, 6.45) is 2.29. The number of amides is 1. The molecule has 1 atom stereocenters. The molecule has 1 unspecified atom stereocenters. The molecule has 7 heteroatoms. The van der Waals surface area contributed by atoms with Gasteiger partial charge in [0, 0.05) is 24.7 Å². The molecule has 1 saturated heterocycles. The van der Waals surface area contributed by atoms with Gasteiger partial charge in [0.25, 0.3) is 11.6 Å². The van der Waals surface area contributed by atoms with Gasteiger partial charge in [0.05, 0.1) is 11.1 Å². The quantitative estimate of drug-likeness (QED) is 0.630. The molecule has 0 spiro atoms. The predicted molar refractivity (Wildman–Crippen MR) is 70.2 cm³/mol. The van der Waals surface area contributed by atoms with Gasteiger partial charge in [-0.15, -0.1) is 0 Å². The van der Waals surface area contributed by atoms with E-state index in [0.29, 0.717) is 5.69 Å². The van der Waals surface area contributed by atoms with E-state index in [4.69, 9.17) is 0 Å². The highest BCUT2D eigenvalue weighted by Gasteiger charge is 2.23. The fourth-order valence-electron chi connectivity index (χ4n) is 2.21. The van der Waals surface area contributed by atoms with E-state index in [0.717, 1.165) is 19.5 Å². The summed E-state index contributed by atoms with van der Waals surface area (Å²) in [5.41, 5.74) is 0.289. The van der Waals surface area contributed by atoms with Gasteiger partial charge in [-0.05, 0) is 26.8 Å². The smallest absolute Gasteiger partial charge is 0.287 e. The number of nitrogens with zero attached hydrogens (tertiary/aromatic N) is 2. The Bertz CT molecular complexity index is 489. The number of nitrogens with one attached hydrogen (secondary N) is 2. The van der Waals surface area contributed by atoms with E-state index in [1.165, 1.54) is 12.3 Å². The first-order valence-electron chi connectivity index (χ1n) is 6.37. The number of carbonyl (C=O) groups is 1. The Morgan fingerprint density at radius 2 is 2.37 bits per heavy atom. The number of hydrogen-bond donors (Lipinski definition) is 2. The van der Waals surface area contributed by atoms with Crippen molar-refractivity contribution < 1.29 is 9.72 Å². The third-order valence-corrected chi connectivity index (χ3v) is 3.23. The van der Waals surface area contributed by atoms with Gasteiger partial charge in [0.1, 0.15) is 5.69 Å². The number of nitro groups is 1. The normalized spacial score (nSPS) is 18.8. The number of rotatable bonds is 4. The monoisotopic (exact) mass is 266 g/mol. The zero-order chi connectivity index (χ0) is 14.0. The SMILES string of the molecule is CC(C)n1cc([N+](=O)[O-])cc1C(=O)NC1CCNC1. The van der Waals surface area contributed by atoms with Crippen molar-refractivity contribution in [3.63, 3.8) is 0 Å². The van der Waals surface area contributed by atoms with Crippen molar-refractivity contribution >= 4 is 11.6 Å². The summed E-state index contributed by atoms with van der Waals surface area (Å²) >= 11 is 0. The van der Waals surface area contributed by atoms with Crippen molar-refractivity contribution in [2.24, 2.45) is 0 Å². The molecule has 104 valence electrons. The maximum absolute atomic E-state index is 12.2. The van der Waals surface area contributed by atoms with E-state index in [9.17, 15) is 14.9 Å². The van der Waals surface area contributed by atoms with Crippen molar-refractivity contribution in [3.8, 4) is 0 Å². The molecule has 2 rings (SSSR count). The molecule has 0 radical (unpaired) electrons. The van der Waals surface area contributed by atoms with Gasteiger partial charge >= 0.3 is 0 Å². The van der Waals surface area contributed by atoms with E-state index in [1.807, 2.05) is 13.8 Å². The second-order valence-corrected chi connectivity index (χ2v) is 5.00. The first-order valence-corrected chi connectivity index (χ1v) is 6.37. The molecule has 1 aliphatic rings. The van der Waals surface area contributed by atoms with Crippen molar-refractivity contribution in [2.45, 2.75) is 32.4 Å². The van der Waals surface area contributed by atoms with E-state index < -0.39 is 4.92 Å². The summed E-state index contributed by atoms with van der Waals surface area (Å²) in [5, 5.41) is 16.9. The summed E-state index contributed by atoms with van der Waals surface area (Å²) in [4.78, 5) is 22.5. The second-order valence-electron chi connectivity index (χ2n) is 5.00. The molecule has 19 heavy (non-hydrogen) atoms. The van der Waals surface area contributed by atoms with Crippen LogP contribution in [0.2, 0.25) is 0 Å². The summed E-state index contributed by atoms with van der Waals surface area (Å²) in [5.74, 6) is -0.254. The van der Waals surface area contributed by atoms with Crippen LogP contribution in [0.15, 0.2) is 12.3 Å². The van der Waals surface area contributed by atoms with Gasteiger partial charge in [-0.25, -0.2) is 0 Å². The number of aromatic nitrogens is 1. The third-order valence-electron chi connectivity index (χ3n) is 3.23. The molecule has 2 N–H and O–H groups in total. The highest BCUT2D eigenvalue weighted by atomic mass is 16.6. The first-order chi connectivity index (χ1) is 8.99. The molecule has 2 heterocycles. The Hall–Kier alpha value is -1.89. The van der Waals surface area contributed by atoms with E-state index in [1.54, 1.807) is 4.57 Å². The van der Waals surface area contributed by atoms with Gasteiger partial charge in [0.2, 0.25) is 0 Å². The Labute approximate surface area is 111 Å². The number of hydrogen-bond acceptors (Lipinski definition) is 4.